The van der Waals surface area contributed by atoms with Gasteiger partial charge in [-0.2, -0.15) is 5.10 Å². The van der Waals surface area contributed by atoms with E-state index in [4.69, 9.17) is 5.73 Å². The number of aryl methyl sites for hydroxylation is 2. The van der Waals surface area contributed by atoms with Crippen molar-refractivity contribution in [3.05, 3.63) is 51.8 Å². The first-order valence-electron chi connectivity index (χ1n) is 6.71. The molecule has 0 aliphatic heterocycles. The van der Waals surface area contributed by atoms with E-state index in [9.17, 15) is 4.79 Å². The van der Waals surface area contributed by atoms with Crippen molar-refractivity contribution < 1.29 is 0 Å². The smallest absolute Gasteiger partial charge is 0.266 e. The lowest BCUT2D eigenvalue weighted by Crippen LogP contribution is -2.41. The van der Waals surface area contributed by atoms with Gasteiger partial charge < -0.3 is 5.73 Å². The Hall–Kier alpha value is -1.94. The van der Waals surface area contributed by atoms with Gasteiger partial charge in [-0.1, -0.05) is 12.1 Å². The Kier molecular flexibility index (Phi) is 3.77. The summed E-state index contributed by atoms with van der Waals surface area (Å²) >= 11 is 0. The number of aromatic nitrogens is 2. The van der Waals surface area contributed by atoms with Crippen LogP contribution in [0.5, 0.6) is 0 Å². The largest absolute Gasteiger partial charge is 0.324 e. The number of hydrogen-bond donors (Lipinski definition) is 1. The fraction of sp³-hybridized carbons (Fsp3) is 0.375. The van der Waals surface area contributed by atoms with Crippen LogP contribution in [-0.2, 0) is 6.54 Å². The SMILES string of the molecule is Cc1ccc(-c2ccc(=O)n(CC(C)(C)N)n2)cc1C. The predicted octanol–water partition coefficient (Wildman–Crippen LogP) is 2.26. The van der Waals surface area contributed by atoms with Crippen molar-refractivity contribution in [3.63, 3.8) is 0 Å². The molecule has 0 bridgehead atoms. The van der Waals surface area contributed by atoms with Crippen LogP contribution < -0.4 is 11.3 Å². The van der Waals surface area contributed by atoms with Gasteiger partial charge in [0.05, 0.1) is 12.2 Å². The molecule has 2 N–H and O–H groups in total. The van der Waals surface area contributed by atoms with E-state index in [0.717, 1.165) is 11.3 Å². The normalized spacial score (nSPS) is 11.7. The first kappa shape index (κ1) is 14.5. The van der Waals surface area contributed by atoms with Gasteiger partial charge in [0.2, 0.25) is 0 Å². The van der Waals surface area contributed by atoms with Crippen LogP contribution in [0.3, 0.4) is 0 Å². The van der Waals surface area contributed by atoms with Crippen LogP contribution in [0.4, 0.5) is 0 Å². The van der Waals surface area contributed by atoms with Crippen LogP contribution in [0.25, 0.3) is 11.3 Å². The molecule has 0 saturated heterocycles. The zero-order chi connectivity index (χ0) is 14.9. The first-order chi connectivity index (χ1) is 9.26. The summed E-state index contributed by atoms with van der Waals surface area (Å²) in [6.45, 7) is 8.29. The summed E-state index contributed by atoms with van der Waals surface area (Å²) in [5.74, 6) is 0. The topological polar surface area (TPSA) is 60.9 Å². The van der Waals surface area contributed by atoms with Crippen molar-refractivity contribution in [2.24, 2.45) is 5.73 Å². The molecule has 20 heavy (non-hydrogen) atoms. The second kappa shape index (κ2) is 5.21. The number of nitrogens with two attached hydrogens (primary N) is 1. The van der Waals surface area contributed by atoms with E-state index in [1.54, 1.807) is 12.1 Å². The van der Waals surface area contributed by atoms with Crippen molar-refractivity contribution in [2.45, 2.75) is 39.8 Å². The second-order valence-electron chi connectivity index (χ2n) is 6.00. The van der Waals surface area contributed by atoms with E-state index in [0.29, 0.717) is 6.54 Å². The highest BCUT2D eigenvalue weighted by Crippen LogP contribution is 2.19. The van der Waals surface area contributed by atoms with Crippen LogP contribution >= 0.6 is 0 Å². The van der Waals surface area contributed by atoms with E-state index in [1.807, 2.05) is 19.9 Å². The second-order valence-corrected chi connectivity index (χ2v) is 6.00. The highest BCUT2D eigenvalue weighted by Gasteiger charge is 2.14. The van der Waals surface area contributed by atoms with Gasteiger partial charge >= 0.3 is 0 Å². The van der Waals surface area contributed by atoms with Gasteiger partial charge in [-0.25, -0.2) is 4.68 Å². The molecular weight excluding hydrogens is 250 g/mol. The van der Waals surface area contributed by atoms with Crippen LogP contribution in [0.1, 0.15) is 25.0 Å². The maximum Gasteiger partial charge on any atom is 0.266 e. The molecule has 0 fully saturated rings. The molecule has 0 aliphatic carbocycles. The van der Waals surface area contributed by atoms with Crippen molar-refractivity contribution in [1.29, 1.82) is 0 Å². The van der Waals surface area contributed by atoms with Gasteiger partial charge in [-0.3, -0.25) is 4.79 Å². The Labute approximate surface area is 119 Å². The molecule has 0 spiro atoms. The summed E-state index contributed by atoms with van der Waals surface area (Å²) in [5.41, 5.74) is 9.62. The Balaban J connectivity index is 2.45. The molecule has 2 aromatic rings. The van der Waals surface area contributed by atoms with Gasteiger partial charge in [0.1, 0.15) is 0 Å². The van der Waals surface area contributed by atoms with Crippen LogP contribution in [0.15, 0.2) is 35.1 Å². The average Bonchev–Trinajstić information content (AvgIpc) is 2.34. The molecule has 1 aromatic heterocycles. The maximum atomic E-state index is 11.8. The van der Waals surface area contributed by atoms with Crippen molar-refractivity contribution in [1.82, 2.24) is 9.78 Å². The summed E-state index contributed by atoms with van der Waals surface area (Å²) in [5, 5.41) is 4.42. The first-order valence-corrected chi connectivity index (χ1v) is 6.71. The molecule has 0 amide bonds. The molecule has 106 valence electrons. The standard InChI is InChI=1S/C16H21N3O/c1-11-5-6-13(9-12(11)2)14-7-8-15(20)19(18-14)10-16(3,4)17/h5-9H,10,17H2,1-4H3. The minimum absolute atomic E-state index is 0.129. The Morgan fingerprint density at radius 2 is 1.85 bits per heavy atom. The molecule has 1 aromatic carbocycles. The van der Waals surface area contributed by atoms with Gasteiger partial charge in [-0.05, 0) is 51.0 Å². The molecule has 0 saturated carbocycles. The quantitative estimate of drug-likeness (QED) is 0.931. The third-order valence-corrected chi connectivity index (χ3v) is 3.23. The summed E-state index contributed by atoms with van der Waals surface area (Å²) in [7, 11) is 0. The highest BCUT2D eigenvalue weighted by atomic mass is 16.1. The third-order valence-electron chi connectivity index (χ3n) is 3.23. The fourth-order valence-electron chi connectivity index (χ4n) is 2.00. The van der Waals surface area contributed by atoms with Crippen LogP contribution in [0.2, 0.25) is 0 Å². The van der Waals surface area contributed by atoms with Crippen molar-refractivity contribution >= 4 is 0 Å². The van der Waals surface area contributed by atoms with Gasteiger partial charge in [0, 0.05) is 17.2 Å². The summed E-state index contributed by atoms with van der Waals surface area (Å²) in [6.07, 6.45) is 0. The Morgan fingerprint density at radius 3 is 2.45 bits per heavy atom. The lowest BCUT2D eigenvalue weighted by molar-refractivity contribution is 0.397. The number of benzene rings is 1. The van der Waals surface area contributed by atoms with Gasteiger partial charge in [0.25, 0.3) is 5.56 Å². The van der Waals surface area contributed by atoms with Gasteiger partial charge in [0.15, 0.2) is 0 Å². The van der Waals surface area contributed by atoms with E-state index < -0.39 is 5.54 Å². The molecule has 2 rings (SSSR count). The molecule has 1 heterocycles. The number of nitrogens with zero attached hydrogens (tertiary/aromatic N) is 2. The molecule has 0 unspecified atom stereocenters. The highest BCUT2D eigenvalue weighted by molar-refractivity contribution is 5.60. The molecule has 0 radical (unpaired) electrons. The summed E-state index contributed by atoms with van der Waals surface area (Å²) in [4.78, 5) is 11.8. The molecule has 4 heteroatoms. The Bertz CT molecular complexity index is 681. The van der Waals surface area contributed by atoms with E-state index in [2.05, 4.69) is 31.1 Å². The molecule has 4 nitrogen and oxygen atoms in total. The minimum Gasteiger partial charge on any atom is -0.324 e. The zero-order valence-corrected chi connectivity index (χ0v) is 12.5. The van der Waals surface area contributed by atoms with E-state index in [-0.39, 0.29) is 5.56 Å². The van der Waals surface area contributed by atoms with Crippen molar-refractivity contribution in [3.8, 4) is 11.3 Å². The minimum atomic E-state index is -0.474. The maximum absolute atomic E-state index is 11.8. The predicted molar refractivity (Wildman–Crippen MR) is 81.7 cm³/mol. The number of rotatable bonds is 3. The summed E-state index contributed by atoms with van der Waals surface area (Å²) < 4.78 is 1.44. The average molecular weight is 271 g/mol. The van der Waals surface area contributed by atoms with Crippen LogP contribution in [-0.4, -0.2) is 15.3 Å². The monoisotopic (exact) mass is 271 g/mol. The molecule has 0 atom stereocenters. The zero-order valence-electron chi connectivity index (χ0n) is 12.5. The van der Waals surface area contributed by atoms with Crippen LogP contribution in [0, 0.1) is 13.8 Å². The summed E-state index contributed by atoms with van der Waals surface area (Å²) in [6, 6.07) is 9.47. The van der Waals surface area contributed by atoms with E-state index in [1.165, 1.54) is 15.8 Å². The lowest BCUT2D eigenvalue weighted by Gasteiger charge is -2.19. The Morgan fingerprint density at radius 1 is 1.15 bits per heavy atom. The third kappa shape index (κ3) is 3.33. The van der Waals surface area contributed by atoms with Crippen molar-refractivity contribution in [2.75, 3.05) is 0 Å². The lowest BCUT2D eigenvalue weighted by atomic mass is 10.0. The number of hydrogen-bond acceptors (Lipinski definition) is 3. The van der Waals surface area contributed by atoms with Gasteiger partial charge in [-0.15, -0.1) is 0 Å². The molecular formula is C16H21N3O. The molecule has 0 aliphatic rings. The van der Waals surface area contributed by atoms with E-state index >= 15 is 0 Å². The fourth-order valence-corrected chi connectivity index (χ4v) is 2.00.